The van der Waals surface area contributed by atoms with Crippen molar-refractivity contribution in [3.8, 4) is 11.4 Å². The molecule has 2 atom stereocenters. The second-order valence-electron chi connectivity index (χ2n) is 7.78. The van der Waals surface area contributed by atoms with Crippen molar-refractivity contribution in [1.82, 2.24) is 30.1 Å². The molecule has 3 heterocycles. The standard InChI is InChI=1S/C22H24ClFN6O3/c1-11-9-29(22(33)12(2)24)10-19(30(11)14(4)31)15-6-16(28-20(23)7-15)17-8-18(21(32)25-5)27-13(3)26-17/h6-8,11,19H,2,9-10H2,1,3-5H3,(H,25,32)/t11-,19-/m0/s1. The molecule has 1 N–H and O–H groups in total. The Labute approximate surface area is 195 Å². The van der Waals surface area contributed by atoms with Crippen molar-refractivity contribution in [2.45, 2.75) is 32.9 Å². The number of carbonyl (C=O) groups excluding carboxylic acids is 3. The molecule has 9 nitrogen and oxygen atoms in total. The van der Waals surface area contributed by atoms with Gasteiger partial charge in [-0.2, -0.15) is 0 Å². The summed E-state index contributed by atoms with van der Waals surface area (Å²) in [5.74, 6) is -2.10. The van der Waals surface area contributed by atoms with Gasteiger partial charge in [-0.15, -0.1) is 0 Å². The van der Waals surface area contributed by atoms with Crippen LogP contribution in [-0.2, 0) is 9.59 Å². The van der Waals surface area contributed by atoms with Crippen LogP contribution in [-0.4, -0.2) is 68.7 Å². The first-order chi connectivity index (χ1) is 15.5. The topological polar surface area (TPSA) is 108 Å². The van der Waals surface area contributed by atoms with Gasteiger partial charge in [0.15, 0.2) is 5.83 Å². The number of rotatable bonds is 4. The number of aryl methyl sites for hydroxylation is 1. The van der Waals surface area contributed by atoms with Crippen LogP contribution in [0.5, 0.6) is 0 Å². The predicted octanol–water partition coefficient (Wildman–Crippen LogP) is 2.46. The molecule has 1 fully saturated rings. The van der Waals surface area contributed by atoms with Gasteiger partial charge in [0.05, 0.1) is 17.4 Å². The highest BCUT2D eigenvalue weighted by Gasteiger charge is 2.37. The van der Waals surface area contributed by atoms with Gasteiger partial charge < -0.3 is 15.1 Å². The molecule has 0 saturated carbocycles. The number of hydrogen-bond acceptors (Lipinski definition) is 6. The average molecular weight is 475 g/mol. The van der Waals surface area contributed by atoms with Gasteiger partial charge in [0, 0.05) is 33.1 Å². The average Bonchev–Trinajstić information content (AvgIpc) is 2.76. The lowest BCUT2D eigenvalue weighted by molar-refractivity contribution is -0.144. The molecule has 2 aromatic rings. The van der Waals surface area contributed by atoms with Gasteiger partial charge >= 0.3 is 0 Å². The third-order valence-electron chi connectivity index (χ3n) is 5.33. The van der Waals surface area contributed by atoms with Crippen molar-refractivity contribution in [3.05, 3.63) is 52.8 Å². The maximum atomic E-state index is 13.6. The van der Waals surface area contributed by atoms with E-state index >= 15 is 0 Å². The molecule has 0 spiro atoms. The molecule has 3 rings (SSSR count). The van der Waals surface area contributed by atoms with E-state index in [1.807, 2.05) is 0 Å². The van der Waals surface area contributed by atoms with Gasteiger partial charge in [-0.05, 0) is 37.6 Å². The summed E-state index contributed by atoms with van der Waals surface area (Å²) in [6, 6.07) is 3.79. The number of amides is 3. The molecule has 2 aromatic heterocycles. The van der Waals surface area contributed by atoms with Gasteiger partial charge in [0.2, 0.25) is 5.91 Å². The minimum Gasteiger partial charge on any atom is -0.354 e. The Morgan fingerprint density at radius 2 is 1.82 bits per heavy atom. The molecule has 1 saturated heterocycles. The van der Waals surface area contributed by atoms with Gasteiger partial charge in [-0.25, -0.2) is 19.3 Å². The summed E-state index contributed by atoms with van der Waals surface area (Å²) in [7, 11) is 1.49. The van der Waals surface area contributed by atoms with E-state index < -0.39 is 17.8 Å². The van der Waals surface area contributed by atoms with Crippen LogP contribution < -0.4 is 5.32 Å². The molecule has 0 aromatic carbocycles. The number of nitrogens with zero attached hydrogens (tertiary/aromatic N) is 5. The fourth-order valence-corrected chi connectivity index (χ4v) is 4.22. The minimum absolute atomic E-state index is 0.0533. The van der Waals surface area contributed by atoms with Crippen LogP contribution in [0.1, 0.15) is 41.8 Å². The first-order valence-corrected chi connectivity index (χ1v) is 10.6. The van der Waals surface area contributed by atoms with E-state index in [9.17, 15) is 18.8 Å². The summed E-state index contributed by atoms with van der Waals surface area (Å²) >= 11 is 6.31. The normalized spacial score (nSPS) is 18.1. The molecule has 1 aliphatic heterocycles. The van der Waals surface area contributed by atoms with Crippen molar-refractivity contribution in [2.75, 3.05) is 20.1 Å². The number of hydrogen-bond donors (Lipinski definition) is 1. The van der Waals surface area contributed by atoms with E-state index in [-0.39, 0.29) is 41.8 Å². The number of piperazine rings is 1. The van der Waals surface area contributed by atoms with E-state index in [0.717, 1.165) is 0 Å². The van der Waals surface area contributed by atoms with E-state index in [0.29, 0.717) is 22.8 Å². The van der Waals surface area contributed by atoms with Crippen molar-refractivity contribution in [2.24, 2.45) is 0 Å². The van der Waals surface area contributed by atoms with Crippen molar-refractivity contribution in [1.29, 1.82) is 0 Å². The van der Waals surface area contributed by atoms with Gasteiger partial charge in [-0.1, -0.05) is 18.2 Å². The number of pyridine rings is 1. The van der Waals surface area contributed by atoms with Crippen molar-refractivity contribution < 1.29 is 18.8 Å². The molecule has 174 valence electrons. The second kappa shape index (κ2) is 9.62. The van der Waals surface area contributed by atoms with Crippen LogP contribution in [0, 0.1) is 6.92 Å². The van der Waals surface area contributed by atoms with Crippen molar-refractivity contribution in [3.63, 3.8) is 0 Å². The highest BCUT2D eigenvalue weighted by molar-refractivity contribution is 6.29. The SMILES string of the molecule is C=C(F)C(=O)N1C[C@H](C)N(C(C)=O)[C@H](c2cc(Cl)nc(-c3cc(C(=O)NC)nc(C)n3)c2)C1. The number of nitrogens with one attached hydrogen (secondary N) is 1. The Kier molecular flexibility index (Phi) is 7.06. The summed E-state index contributed by atoms with van der Waals surface area (Å²) in [6.45, 7) is 8.18. The third-order valence-corrected chi connectivity index (χ3v) is 5.53. The van der Waals surface area contributed by atoms with Crippen LogP contribution >= 0.6 is 11.6 Å². The highest BCUT2D eigenvalue weighted by atomic mass is 35.5. The first-order valence-electron chi connectivity index (χ1n) is 10.2. The Hall–Kier alpha value is -3.40. The molecule has 33 heavy (non-hydrogen) atoms. The number of halogens is 2. The highest BCUT2D eigenvalue weighted by Crippen LogP contribution is 2.33. The number of carbonyl (C=O) groups is 3. The maximum Gasteiger partial charge on any atom is 0.282 e. The van der Waals surface area contributed by atoms with E-state index in [1.54, 1.807) is 30.9 Å². The third kappa shape index (κ3) is 5.16. The smallest absolute Gasteiger partial charge is 0.282 e. The number of aromatic nitrogens is 3. The molecule has 0 aliphatic carbocycles. The van der Waals surface area contributed by atoms with Crippen LogP contribution in [0.2, 0.25) is 5.15 Å². The summed E-state index contributed by atoms with van der Waals surface area (Å²) in [5.41, 5.74) is 1.49. The van der Waals surface area contributed by atoms with Gasteiger partial charge in [-0.3, -0.25) is 14.4 Å². The minimum atomic E-state index is -1.07. The van der Waals surface area contributed by atoms with E-state index in [1.165, 1.54) is 24.9 Å². The quantitative estimate of drug-likeness (QED) is 0.538. The molecule has 1 aliphatic rings. The summed E-state index contributed by atoms with van der Waals surface area (Å²) in [5, 5.41) is 2.65. The zero-order valence-electron chi connectivity index (χ0n) is 18.7. The largest absolute Gasteiger partial charge is 0.354 e. The Bertz CT molecular complexity index is 1140. The summed E-state index contributed by atoms with van der Waals surface area (Å²) in [4.78, 5) is 52.6. The molecular weight excluding hydrogens is 451 g/mol. The Morgan fingerprint density at radius 3 is 2.42 bits per heavy atom. The molecule has 0 bridgehead atoms. The first kappa shape index (κ1) is 24.2. The molecule has 0 radical (unpaired) electrons. The Morgan fingerprint density at radius 1 is 1.15 bits per heavy atom. The zero-order chi connectivity index (χ0) is 24.4. The zero-order valence-corrected chi connectivity index (χ0v) is 19.5. The van der Waals surface area contributed by atoms with E-state index in [2.05, 4.69) is 26.8 Å². The fourth-order valence-electron chi connectivity index (χ4n) is 4.00. The van der Waals surface area contributed by atoms with Gasteiger partial charge in [0.1, 0.15) is 16.7 Å². The van der Waals surface area contributed by atoms with Crippen LogP contribution in [0.15, 0.2) is 30.6 Å². The van der Waals surface area contributed by atoms with Crippen LogP contribution in [0.25, 0.3) is 11.4 Å². The maximum absolute atomic E-state index is 13.6. The molecule has 11 heteroatoms. The lowest BCUT2D eigenvalue weighted by atomic mass is 9.98. The second-order valence-corrected chi connectivity index (χ2v) is 8.17. The van der Waals surface area contributed by atoms with E-state index in [4.69, 9.17) is 11.6 Å². The molecule has 3 amide bonds. The lowest BCUT2D eigenvalue weighted by Crippen LogP contribution is -2.56. The Balaban J connectivity index is 2.09. The predicted molar refractivity (Wildman–Crippen MR) is 120 cm³/mol. The monoisotopic (exact) mass is 474 g/mol. The fraction of sp³-hybridized carbons (Fsp3) is 0.364. The van der Waals surface area contributed by atoms with Crippen LogP contribution in [0.4, 0.5) is 4.39 Å². The van der Waals surface area contributed by atoms with Gasteiger partial charge in [0.25, 0.3) is 11.8 Å². The lowest BCUT2D eigenvalue weighted by Gasteiger charge is -2.45. The van der Waals surface area contributed by atoms with Crippen LogP contribution in [0.3, 0.4) is 0 Å². The summed E-state index contributed by atoms with van der Waals surface area (Å²) in [6.07, 6.45) is 0. The summed E-state index contributed by atoms with van der Waals surface area (Å²) < 4.78 is 13.6. The molecular formula is C22H24ClFN6O3. The molecule has 0 unspecified atom stereocenters. The van der Waals surface area contributed by atoms with Crippen molar-refractivity contribution >= 4 is 29.3 Å².